The molecule has 0 spiro atoms. The average Bonchev–Trinajstić information content (AvgIpc) is 3.13. The Morgan fingerprint density at radius 1 is 1.10 bits per heavy atom. The second-order valence-electron chi connectivity index (χ2n) is 6.31. The lowest BCUT2D eigenvalue weighted by Crippen LogP contribution is -2.03. The smallest absolute Gasteiger partial charge is 0.175 e. The van der Waals surface area contributed by atoms with Gasteiger partial charge in [-0.2, -0.15) is 0 Å². The molecule has 0 bridgehead atoms. The maximum absolute atomic E-state index is 14.1. The van der Waals surface area contributed by atoms with Crippen molar-refractivity contribution in [2.75, 3.05) is 6.61 Å². The second-order valence-corrected chi connectivity index (χ2v) is 7.57. The van der Waals surface area contributed by atoms with Crippen molar-refractivity contribution in [3.63, 3.8) is 0 Å². The minimum absolute atomic E-state index is 0.0197. The topological polar surface area (TPSA) is 47.1 Å². The Morgan fingerprint density at radius 3 is 2.69 bits per heavy atom. The van der Waals surface area contributed by atoms with Gasteiger partial charge in [0, 0.05) is 11.1 Å². The minimum atomic E-state index is -0.412. The molecule has 7 heteroatoms. The van der Waals surface area contributed by atoms with Crippen molar-refractivity contribution in [2.24, 2.45) is 0 Å². The van der Waals surface area contributed by atoms with E-state index < -0.39 is 5.82 Å². The van der Waals surface area contributed by atoms with E-state index >= 15 is 0 Å². The maximum Gasteiger partial charge on any atom is 0.175 e. The molecule has 4 nitrogen and oxygen atoms in total. The SMILES string of the molecule is CCOc1cc(-c2nc3ccccc3[nH]2)cc(Br)c1OCc1c(F)cccc1Cl. The number of hydrogen-bond donors (Lipinski definition) is 1. The number of benzene rings is 3. The van der Waals surface area contributed by atoms with E-state index in [-0.39, 0.29) is 6.61 Å². The number of hydrogen-bond acceptors (Lipinski definition) is 3. The van der Waals surface area contributed by atoms with Gasteiger partial charge in [0.25, 0.3) is 0 Å². The predicted octanol–water partition coefficient (Wildman–Crippen LogP) is 6.76. The summed E-state index contributed by atoms with van der Waals surface area (Å²) in [5.74, 6) is 1.32. The first kappa shape index (κ1) is 19.7. The molecule has 29 heavy (non-hydrogen) atoms. The van der Waals surface area contributed by atoms with Crippen molar-refractivity contribution in [2.45, 2.75) is 13.5 Å². The molecule has 1 aromatic heterocycles. The number of ether oxygens (including phenoxy) is 2. The molecule has 4 rings (SSSR count). The molecule has 0 unspecified atom stereocenters. The molecule has 0 aliphatic heterocycles. The molecule has 1 N–H and O–H groups in total. The zero-order valence-corrected chi connectivity index (χ0v) is 17.8. The number of halogens is 3. The molecule has 4 aromatic rings. The third kappa shape index (κ3) is 4.09. The van der Waals surface area contributed by atoms with Crippen LogP contribution < -0.4 is 9.47 Å². The van der Waals surface area contributed by atoms with Crippen molar-refractivity contribution >= 4 is 38.6 Å². The van der Waals surface area contributed by atoms with E-state index in [1.807, 2.05) is 43.3 Å². The summed E-state index contributed by atoms with van der Waals surface area (Å²) >= 11 is 9.65. The number of aromatic nitrogens is 2. The van der Waals surface area contributed by atoms with E-state index in [0.717, 1.165) is 22.4 Å². The Labute approximate surface area is 180 Å². The minimum Gasteiger partial charge on any atom is -0.490 e. The Morgan fingerprint density at radius 2 is 1.93 bits per heavy atom. The monoisotopic (exact) mass is 474 g/mol. The third-order valence-corrected chi connectivity index (χ3v) is 5.34. The molecule has 3 aromatic carbocycles. The summed E-state index contributed by atoms with van der Waals surface area (Å²) in [4.78, 5) is 7.94. The van der Waals surface area contributed by atoms with E-state index in [9.17, 15) is 4.39 Å². The zero-order valence-electron chi connectivity index (χ0n) is 15.5. The predicted molar refractivity (Wildman–Crippen MR) is 116 cm³/mol. The van der Waals surface area contributed by atoms with Gasteiger partial charge in [-0.05, 0) is 59.3 Å². The van der Waals surface area contributed by atoms with Crippen molar-refractivity contribution in [1.82, 2.24) is 9.97 Å². The third-order valence-electron chi connectivity index (χ3n) is 4.39. The first-order valence-corrected chi connectivity index (χ1v) is 10.2. The average molecular weight is 476 g/mol. The van der Waals surface area contributed by atoms with Crippen LogP contribution in [0.2, 0.25) is 5.02 Å². The Hall–Kier alpha value is -2.57. The fraction of sp³-hybridized carbons (Fsp3) is 0.136. The van der Waals surface area contributed by atoms with Crippen molar-refractivity contribution in [3.05, 3.63) is 75.5 Å². The molecule has 0 atom stereocenters. The normalized spacial score (nSPS) is 11.0. The molecule has 148 valence electrons. The molecular formula is C22H17BrClFN2O2. The number of nitrogens with one attached hydrogen (secondary N) is 1. The number of rotatable bonds is 6. The van der Waals surface area contributed by atoms with Crippen LogP contribution in [0.25, 0.3) is 22.4 Å². The van der Waals surface area contributed by atoms with Gasteiger partial charge >= 0.3 is 0 Å². The van der Waals surface area contributed by atoms with E-state index in [0.29, 0.717) is 33.2 Å². The molecule has 0 aliphatic rings. The van der Waals surface area contributed by atoms with Crippen LogP contribution in [0.4, 0.5) is 4.39 Å². The largest absolute Gasteiger partial charge is 0.490 e. The first-order chi connectivity index (χ1) is 14.1. The summed E-state index contributed by atoms with van der Waals surface area (Å²) in [6.07, 6.45) is 0. The van der Waals surface area contributed by atoms with Gasteiger partial charge < -0.3 is 14.5 Å². The molecule has 0 fully saturated rings. The second kappa shape index (κ2) is 8.43. The molecule has 0 radical (unpaired) electrons. The molecule has 1 heterocycles. The highest BCUT2D eigenvalue weighted by Gasteiger charge is 2.17. The van der Waals surface area contributed by atoms with Crippen LogP contribution in [0.15, 0.2) is 59.1 Å². The van der Waals surface area contributed by atoms with E-state index in [2.05, 4.69) is 25.9 Å². The van der Waals surface area contributed by atoms with Crippen LogP contribution in [-0.2, 0) is 6.61 Å². The van der Waals surface area contributed by atoms with Crippen LogP contribution in [0.5, 0.6) is 11.5 Å². The zero-order chi connectivity index (χ0) is 20.4. The number of aromatic amines is 1. The van der Waals surface area contributed by atoms with Gasteiger partial charge in [0.05, 0.1) is 27.1 Å². The molecule has 0 amide bonds. The number of H-pyrrole nitrogens is 1. The summed E-state index contributed by atoms with van der Waals surface area (Å²) in [5.41, 5.74) is 2.97. The van der Waals surface area contributed by atoms with Gasteiger partial charge in [0.2, 0.25) is 0 Å². The molecular weight excluding hydrogens is 459 g/mol. The summed E-state index contributed by atoms with van der Waals surface area (Å²) < 4.78 is 26.4. The Balaban J connectivity index is 1.69. The molecule has 0 aliphatic carbocycles. The quantitative estimate of drug-likeness (QED) is 0.335. The van der Waals surface area contributed by atoms with Crippen molar-refractivity contribution in [3.8, 4) is 22.9 Å². The summed E-state index contributed by atoms with van der Waals surface area (Å²) in [6, 6.07) is 16.1. The highest BCUT2D eigenvalue weighted by molar-refractivity contribution is 9.10. The van der Waals surface area contributed by atoms with Gasteiger partial charge in [-0.3, -0.25) is 0 Å². The Bertz CT molecular complexity index is 1130. The summed E-state index contributed by atoms with van der Waals surface area (Å²) in [6.45, 7) is 2.32. The van der Waals surface area contributed by atoms with Crippen LogP contribution in [0, 0.1) is 5.82 Å². The molecule has 0 saturated carbocycles. The van der Waals surface area contributed by atoms with Gasteiger partial charge in [-0.1, -0.05) is 29.8 Å². The first-order valence-electron chi connectivity index (χ1n) is 9.04. The molecule has 0 saturated heterocycles. The van der Waals surface area contributed by atoms with Crippen molar-refractivity contribution < 1.29 is 13.9 Å². The lowest BCUT2D eigenvalue weighted by Gasteiger charge is -2.16. The van der Waals surface area contributed by atoms with E-state index in [4.69, 9.17) is 21.1 Å². The highest BCUT2D eigenvalue weighted by atomic mass is 79.9. The number of nitrogens with zero attached hydrogens (tertiary/aromatic N) is 1. The van der Waals surface area contributed by atoms with Gasteiger partial charge in [0.15, 0.2) is 11.5 Å². The standard InChI is InChI=1S/C22H17BrClFN2O2/c1-2-28-20-11-13(22-26-18-8-3-4-9-19(18)27-22)10-15(23)21(20)29-12-14-16(24)6-5-7-17(14)25/h3-11H,2,12H2,1H3,(H,26,27). The summed E-state index contributed by atoms with van der Waals surface area (Å²) in [5, 5.41) is 0.318. The fourth-order valence-electron chi connectivity index (χ4n) is 3.01. The number of imidazole rings is 1. The lowest BCUT2D eigenvalue weighted by atomic mass is 10.2. The van der Waals surface area contributed by atoms with Crippen LogP contribution >= 0.6 is 27.5 Å². The van der Waals surface area contributed by atoms with Gasteiger partial charge in [0.1, 0.15) is 18.2 Å². The summed E-state index contributed by atoms with van der Waals surface area (Å²) in [7, 11) is 0. The van der Waals surface area contributed by atoms with Crippen LogP contribution in [0.1, 0.15) is 12.5 Å². The van der Waals surface area contributed by atoms with Gasteiger partial charge in [-0.25, -0.2) is 9.37 Å². The number of fused-ring (bicyclic) bond motifs is 1. The van der Waals surface area contributed by atoms with Gasteiger partial charge in [-0.15, -0.1) is 0 Å². The van der Waals surface area contributed by atoms with Crippen LogP contribution in [-0.4, -0.2) is 16.6 Å². The van der Waals surface area contributed by atoms with E-state index in [1.54, 1.807) is 12.1 Å². The number of para-hydroxylation sites is 2. The van der Waals surface area contributed by atoms with E-state index in [1.165, 1.54) is 6.07 Å². The lowest BCUT2D eigenvalue weighted by molar-refractivity contribution is 0.264. The van der Waals surface area contributed by atoms with Crippen molar-refractivity contribution in [1.29, 1.82) is 0 Å². The highest BCUT2D eigenvalue weighted by Crippen LogP contribution is 2.40. The maximum atomic E-state index is 14.1. The van der Waals surface area contributed by atoms with Crippen LogP contribution in [0.3, 0.4) is 0 Å². The fourth-order valence-corrected chi connectivity index (χ4v) is 3.79. The Kier molecular flexibility index (Phi) is 5.74.